The first-order chi connectivity index (χ1) is 9.15. The molecule has 1 aromatic carbocycles. The van der Waals surface area contributed by atoms with Crippen LogP contribution in [-0.4, -0.2) is 28.2 Å². The Hall–Kier alpha value is -2.28. The largest absolute Gasteiger partial charge is 0.339 e. The Morgan fingerprint density at radius 3 is 2.89 bits per heavy atom. The van der Waals surface area contributed by atoms with E-state index < -0.39 is 4.92 Å². The number of hydrogen-bond acceptors (Lipinski definition) is 6. The van der Waals surface area contributed by atoms with Crippen molar-refractivity contribution in [3.63, 3.8) is 0 Å². The topological polar surface area (TPSA) is 94.1 Å². The second-order valence-electron chi connectivity index (χ2n) is 4.57. The van der Waals surface area contributed by atoms with Gasteiger partial charge >= 0.3 is 0 Å². The van der Waals surface area contributed by atoms with Crippen molar-refractivity contribution in [1.82, 2.24) is 15.5 Å². The minimum atomic E-state index is -0.431. The van der Waals surface area contributed by atoms with Crippen molar-refractivity contribution < 1.29 is 9.45 Å². The molecular formula is C12H12N4O3. The van der Waals surface area contributed by atoms with Gasteiger partial charge in [-0.3, -0.25) is 10.1 Å². The maximum Gasteiger partial charge on any atom is 0.270 e. The van der Waals surface area contributed by atoms with E-state index in [1.807, 2.05) is 6.92 Å². The number of aryl methyl sites for hydroxylation is 1. The predicted molar refractivity (Wildman–Crippen MR) is 66.7 cm³/mol. The van der Waals surface area contributed by atoms with Gasteiger partial charge in [0.05, 0.1) is 10.8 Å². The molecule has 0 unspecified atom stereocenters. The van der Waals surface area contributed by atoms with Gasteiger partial charge in [-0.25, -0.2) is 0 Å². The van der Waals surface area contributed by atoms with E-state index in [9.17, 15) is 10.1 Å². The van der Waals surface area contributed by atoms with Gasteiger partial charge in [0.15, 0.2) is 0 Å². The molecule has 1 saturated heterocycles. The van der Waals surface area contributed by atoms with Crippen molar-refractivity contribution in [1.29, 1.82) is 0 Å². The summed E-state index contributed by atoms with van der Waals surface area (Å²) in [5.74, 6) is 1.24. The van der Waals surface area contributed by atoms with Crippen molar-refractivity contribution >= 4 is 5.69 Å². The number of non-ortho nitro benzene ring substituents is 1. The molecule has 0 saturated carbocycles. The van der Waals surface area contributed by atoms with Crippen LogP contribution in [0.15, 0.2) is 22.7 Å². The molecule has 1 fully saturated rings. The molecule has 7 nitrogen and oxygen atoms in total. The van der Waals surface area contributed by atoms with E-state index in [1.54, 1.807) is 6.07 Å². The van der Waals surface area contributed by atoms with Gasteiger partial charge in [0, 0.05) is 30.8 Å². The van der Waals surface area contributed by atoms with Crippen molar-refractivity contribution in [3.05, 3.63) is 39.8 Å². The van der Waals surface area contributed by atoms with Crippen LogP contribution in [0.4, 0.5) is 5.69 Å². The summed E-state index contributed by atoms with van der Waals surface area (Å²) in [6.45, 7) is 3.52. The van der Waals surface area contributed by atoms with Crippen LogP contribution in [0.25, 0.3) is 11.4 Å². The monoisotopic (exact) mass is 260 g/mol. The summed E-state index contributed by atoms with van der Waals surface area (Å²) in [6.07, 6.45) is 0. The smallest absolute Gasteiger partial charge is 0.270 e. The highest BCUT2D eigenvalue weighted by Gasteiger charge is 2.25. The highest BCUT2D eigenvalue weighted by atomic mass is 16.6. The Kier molecular flexibility index (Phi) is 2.75. The van der Waals surface area contributed by atoms with Crippen LogP contribution in [0.5, 0.6) is 0 Å². The Morgan fingerprint density at radius 1 is 1.47 bits per heavy atom. The highest BCUT2D eigenvalue weighted by Crippen LogP contribution is 2.27. The molecule has 3 rings (SSSR count). The summed E-state index contributed by atoms with van der Waals surface area (Å²) >= 11 is 0. The fraction of sp³-hybridized carbons (Fsp3) is 0.333. The maximum atomic E-state index is 10.8. The molecule has 98 valence electrons. The summed E-state index contributed by atoms with van der Waals surface area (Å²) in [5, 5.41) is 17.8. The number of aromatic nitrogens is 2. The van der Waals surface area contributed by atoms with Gasteiger partial charge in [-0.2, -0.15) is 4.98 Å². The molecule has 0 spiro atoms. The second kappa shape index (κ2) is 4.43. The van der Waals surface area contributed by atoms with E-state index in [-0.39, 0.29) is 11.6 Å². The van der Waals surface area contributed by atoms with E-state index in [4.69, 9.17) is 4.52 Å². The van der Waals surface area contributed by atoms with E-state index in [0.29, 0.717) is 17.3 Å². The molecule has 0 atom stereocenters. The van der Waals surface area contributed by atoms with E-state index in [0.717, 1.165) is 18.7 Å². The van der Waals surface area contributed by atoms with Gasteiger partial charge in [0.25, 0.3) is 5.69 Å². The third-order valence-electron chi connectivity index (χ3n) is 3.25. The lowest BCUT2D eigenvalue weighted by Gasteiger charge is -2.22. The highest BCUT2D eigenvalue weighted by molar-refractivity contribution is 5.63. The minimum Gasteiger partial charge on any atom is -0.339 e. The predicted octanol–water partition coefficient (Wildman–Crippen LogP) is 1.64. The third kappa shape index (κ3) is 2.08. The number of nitrogens with zero attached hydrogens (tertiary/aromatic N) is 3. The van der Waals surface area contributed by atoms with Crippen molar-refractivity contribution in [2.75, 3.05) is 13.1 Å². The zero-order valence-corrected chi connectivity index (χ0v) is 10.3. The summed E-state index contributed by atoms with van der Waals surface area (Å²) in [7, 11) is 0. The Balaban J connectivity index is 1.98. The summed E-state index contributed by atoms with van der Waals surface area (Å²) in [4.78, 5) is 14.7. The SMILES string of the molecule is Cc1ccc([N+](=O)[O-])cc1-c1noc(C2CNC2)n1. The lowest BCUT2D eigenvalue weighted by molar-refractivity contribution is -0.384. The molecule has 0 aliphatic carbocycles. The molecule has 0 amide bonds. The molecule has 1 aromatic heterocycles. The van der Waals surface area contributed by atoms with Crippen molar-refractivity contribution in [2.45, 2.75) is 12.8 Å². The second-order valence-corrected chi connectivity index (χ2v) is 4.57. The first-order valence-corrected chi connectivity index (χ1v) is 5.95. The molecule has 2 aromatic rings. The van der Waals surface area contributed by atoms with Gasteiger partial charge in [-0.05, 0) is 12.5 Å². The first kappa shape index (κ1) is 11.8. The molecule has 2 heterocycles. The molecule has 0 bridgehead atoms. The van der Waals surface area contributed by atoms with Crippen molar-refractivity contribution in [3.8, 4) is 11.4 Å². The Labute approximate surface area is 108 Å². The Bertz CT molecular complexity index is 634. The standard InChI is InChI=1S/C12H12N4O3/c1-7-2-3-9(16(17)18)4-10(7)11-14-12(19-15-11)8-5-13-6-8/h2-4,8,13H,5-6H2,1H3. The number of nitrogens with one attached hydrogen (secondary N) is 1. The lowest BCUT2D eigenvalue weighted by Crippen LogP contribution is -2.40. The van der Waals surface area contributed by atoms with Crippen LogP contribution >= 0.6 is 0 Å². The van der Waals surface area contributed by atoms with Crippen LogP contribution < -0.4 is 5.32 Å². The molecular weight excluding hydrogens is 248 g/mol. The third-order valence-corrected chi connectivity index (χ3v) is 3.25. The van der Waals surface area contributed by atoms with Crippen molar-refractivity contribution in [2.24, 2.45) is 0 Å². The zero-order valence-electron chi connectivity index (χ0n) is 10.3. The van der Waals surface area contributed by atoms with E-state index in [2.05, 4.69) is 15.5 Å². The van der Waals surface area contributed by atoms with Crippen LogP contribution in [0.3, 0.4) is 0 Å². The molecule has 1 aliphatic heterocycles. The van der Waals surface area contributed by atoms with E-state index >= 15 is 0 Å². The number of benzene rings is 1. The van der Waals surface area contributed by atoms with Gasteiger partial charge in [0.1, 0.15) is 0 Å². The van der Waals surface area contributed by atoms with Crippen LogP contribution in [0, 0.1) is 17.0 Å². The molecule has 1 N–H and O–H groups in total. The van der Waals surface area contributed by atoms with Crippen LogP contribution in [0.1, 0.15) is 17.4 Å². The quantitative estimate of drug-likeness (QED) is 0.666. The minimum absolute atomic E-state index is 0.0252. The number of nitro benzene ring substituents is 1. The van der Waals surface area contributed by atoms with Gasteiger partial charge in [0.2, 0.25) is 11.7 Å². The van der Waals surface area contributed by atoms with Crippen LogP contribution in [0.2, 0.25) is 0 Å². The lowest BCUT2D eigenvalue weighted by atomic mass is 10.0. The number of nitro groups is 1. The average molecular weight is 260 g/mol. The Morgan fingerprint density at radius 2 is 2.26 bits per heavy atom. The normalized spacial score (nSPS) is 15.2. The average Bonchev–Trinajstić information content (AvgIpc) is 2.76. The zero-order chi connectivity index (χ0) is 13.4. The summed E-state index contributed by atoms with van der Waals surface area (Å²) < 4.78 is 5.21. The summed E-state index contributed by atoms with van der Waals surface area (Å²) in [5.41, 5.74) is 1.54. The van der Waals surface area contributed by atoms with Crippen LogP contribution in [-0.2, 0) is 0 Å². The van der Waals surface area contributed by atoms with Gasteiger partial charge in [-0.15, -0.1) is 0 Å². The van der Waals surface area contributed by atoms with Gasteiger partial charge in [-0.1, -0.05) is 11.2 Å². The number of hydrogen-bond donors (Lipinski definition) is 1. The fourth-order valence-electron chi connectivity index (χ4n) is 1.94. The van der Waals surface area contributed by atoms with E-state index in [1.165, 1.54) is 12.1 Å². The molecule has 0 radical (unpaired) electrons. The van der Waals surface area contributed by atoms with Gasteiger partial charge < -0.3 is 9.84 Å². The molecule has 7 heteroatoms. The number of rotatable bonds is 3. The summed E-state index contributed by atoms with van der Waals surface area (Å²) in [6, 6.07) is 4.63. The molecule has 19 heavy (non-hydrogen) atoms. The first-order valence-electron chi connectivity index (χ1n) is 5.95. The fourth-order valence-corrected chi connectivity index (χ4v) is 1.94. The maximum absolute atomic E-state index is 10.8. The molecule has 1 aliphatic rings.